The van der Waals surface area contributed by atoms with Gasteiger partial charge in [-0.1, -0.05) is 53.0 Å². The van der Waals surface area contributed by atoms with Crippen LogP contribution in [0.1, 0.15) is 23.6 Å². The van der Waals surface area contributed by atoms with Crippen LogP contribution in [0.4, 0.5) is 5.69 Å². The second kappa shape index (κ2) is 8.04. The number of benzene rings is 3. The van der Waals surface area contributed by atoms with Crippen LogP contribution >= 0.6 is 34.8 Å². The molecule has 3 aromatic carbocycles. The Morgan fingerprint density at radius 3 is 2.32 bits per heavy atom. The number of hydrazone groups is 1. The quantitative estimate of drug-likeness (QED) is 0.444. The molecule has 0 spiro atoms. The predicted octanol–water partition coefficient (Wildman–Crippen LogP) is 7.01. The van der Waals surface area contributed by atoms with Gasteiger partial charge in [0.15, 0.2) is 0 Å². The van der Waals surface area contributed by atoms with Crippen LogP contribution in [0.3, 0.4) is 0 Å². The normalized spacial score (nSPS) is 16.2. The van der Waals surface area contributed by atoms with Crippen LogP contribution in [-0.2, 0) is 0 Å². The van der Waals surface area contributed by atoms with Gasteiger partial charge in [-0.05, 0) is 59.7 Å². The molecule has 0 amide bonds. The van der Waals surface area contributed by atoms with Crippen molar-refractivity contribution in [3.05, 3.63) is 92.9 Å². The molecule has 3 nitrogen and oxygen atoms in total. The molecule has 28 heavy (non-hydrogen) atoms. The van der Waals surface area contributed by atoms with Crippen LogP contribution in [0.5, 0.6) is 5.75 Å². The lowest BCUT2D eigenvalue weighted by Gasteiger charge is -2.25. The van der Waals surface area contributed by atoms with E-state index in [0.29, 0.717) is 15.1 Å². The van der Waals surface area contributed by atoms with Crippen LogP contribution in [0, 0.1) is 0 Å². The van der Waals surface area contributed by atoms with Crippen LogP contribution < -0.4 is 9.75 Å². The summed E-state index contributed by atoms with van der Waals surface area (Å²) in [6, 6.07) is 21.3. The second-order valence-corrected chi connectivity index (χ2v) is 7.69. The topological polar surface area (TPSA) is 24.8 Å². The molecule has 142 valence electrons. The van der Waals surface area contributed by atoms with Crippen LogP contribution in [-0.4, -0.2) is 12.8 Å². The molecule has 4 rings (SSSR count). The van der Waals surface area contributed by atoms with Gasteiger partial charge in [-0.25, -0.2) is 0 Å². The molecule has 1 aliphatic heterocycles. The van der Waals surface area contributed by atoms with E-state index in [-0.39, 0.29) is 6.04 Å². The maximum absolute atomic E-state index is 6.50. The van der Waals surface area contributed by atoms with Gasteiger partial charge in [0.25, 0.3) is 0 Å². The van der Waals surface area contributed by atoms with Crippen LogP contribution in [0.15, 0.2) is 71.8 Å². The summed E-state index contributed by atoms with van der Waals surface area (Å²) in [6.07, 6.45) is 0.733. The minimum atomic E-state index is -0.00895. The minimum absolute atomic E-state index is 0.00895. The molecule has 0 saturated heterocycles. The van der Waals surface area contributed by atoms with E-state index >= 15 is 0 Å². The van der Waals surface area contributed by atoms with Crippen molar-refractivity contribution in [3.63, 3.8) is 0 Å². The average Bonchev–Trinajstić information content (AvgIpc) is 3.16. The van der Waals surface area contributed by atoms with Gasteiger partial charge in [0.05, 0.1) is 34.6 Å². The number of rotatable bonds is 4. The lowest BCUT2D eigenvalue weighted by molar-refractivity contribution is 0.415. The SMILES string of the molecule is COc1ccc(C2=NN(c3cccc(Cl)c3Cl)C(c3ccc(Cl)cc3)C2)cc1. The van der Waals surface area contributed by atoms with E-state index in [1.807, 2.05) is 65.7 Å². The monoisotopic (exact) mass is 430 g/mol. The summed E-state index contributed by atoms with van der Waals surface area (Å²) in [5, 5.41) is 8.53. The van der Waals surface area contributed by atoms with Crippen LogP contribution in [0.25, 0.3) is 0 Å². The number of anilines is 1. The third-order valence-corrected chi connectivity index (χ3v) is 5.83. The zero-order valence-electron chi connectivity index (χ0n) is 15.1. The Labute approximate surface area is 179 Å². The molecule has 0 saturated carbocycles. The van der Waals surface area contributed by atoms with Gasteiger partial charge < -0.3 is 4.74 Å². The number of hydrogen-bond donors (Lipinski definition) is 0. The second-order valence-electron chi connectivity index (χ2n) is 6.46. The summed E-state index contributed by atoms with van der Waals surface area (Å²) in [4.78, 5) is 0. The van der Waals surface area contributed by atoms with E-state index in [9.17, 15) is 0 Å². The van der Waals surface area contributed by atoms with E-state index in [1.165, 1.54) is 0 Å². The fraction of sp³-hybridized carbons (Fsp3) is 0.136. The molecular formula is C22H17Cl3N2O. The number of nitrogens with zero attached hydrogens (tertiary/aromatic N) is 2. The number of methoxy groups -OCH3 is 1. The van der Waals surface area contributed by atoms with E-state index in [2.05, 4.69) is 0 Å². The number of hydrogen-bond acceptors (Lipinski definition) is 3. The Morgan fingerprint density at radius 2 is 1.64 bits per heavy atom. The molecule has 0 bridgehead atoms. The Hall–Kier alpha value is -2.20. The van der Waals surface area contributed by atoms with Gasteiger partial charge >= 0.3 is 0 Å². The van der Waals surface area contributed by atoms with Crippen molar-refractivity contribution in [2.45, 2.75) is 12.5 Å². The lowest BCUT2D eigenvalue weighted by Crippen LogP contribution is -2.18. The molecule has 0 aliphatic carbocycles. The molecule has 1 aliphatic rings. The zero-order chi connectivity index (χ0) is 19.7. The molecular weight excluding hydrogens is 415 g/mol. The Bertz CT molecular complexity index is 1020. The standard InChI is InChI=1S/C22H17Cl3N2O/c1-28-17-11-7-14(8-12-17)19-13-21(15-5-9-16(23)10-6-15)27(26-19)20-4-2-3-18(24)22(20)25/h2-12,21H,13H2,1H3. The van der Waals surface area contributed by atoms with Gasteiger partial charge in [0.2, 0.25) is 0 Å². The summed E-state index contributed by atoms with van der Waals surface area (Å²) in [5.74, 6) is 0.811. The fourth-order valence-corrected chi connectivity index (χ4v) is 3.81. The molecule has 0 radical (unpaired) electrons. The average molecular weight is 432 g/mol. The predicted molar refractivity (Wildman–Crippen MR) is 117 cm³/mol. The van der Waals surface area contributed by atoms with E-state index in [1.54, 1.807) is 13.2 Å². The van der Waals surface area contributed by atoms with E-state index < -0.39 is 0 Å². The summed E-state index contributed by atoms with van der Waals surface area (Å²) in [7, 11) is 1.65. The first-order valence-corrected chi connectivity index (χ1v) is 9.91. The van der Waals surface area contributed by atoms with Gasteiger partial charge in [-0.2, -0.15) is 5.10 Å². The highest BCUT2D eigenvalue weighted by molar-refractivity contribution is 6.43. The van der Waals surface area contributed by atoms with Crippen molar-refractivity contribution in [2.24, 2.45) is 5.10 Å². The third-order valence-electron chi connectivity index (χ3n) is 4.77. The van der Waals surface area contributed by atoms with Crippen molar-refractivity contribution >= 4 is 46.2 Å². The highest BCUT2D eigenvalue weighted by Crippen LogP contribution is 2.42. The van der Waals surface area contributed by atoms with E-state index in [0.717, 1.165) is 34.7 Å². The van der Waals surface area contributed by atoms with Gasteiger partial charge in [0.1, 0.15) is 5.75 Å². The highest BCUT2D eigenvalue weighted by atomic mass is 35.5. The largest absolute Gasteiger partial charge is 0.497 e. The Morgan fingerprint density at radius 1 is 0.929 bits per heavy atom. The lowest BCUT2D eigenvalue weighted by atomic mass is 9.98. The molecule has 1 heterocycles. The van der Waals surface area contributed by atoms with Crippen molar-refractivity contribution in [2.75, 3.05) is 12.1 Å². The summed E-state index contributed by atoms with van der Waals surface area (Å²) in [6.45, 7) is 0. The molecule has 1 unspecified atom stereocenters. The maximum atomic E-state index is 6.50. The number of ether oxygens (including phenoxy) is 1. The molecule has 0 N–H and O–H groups in total. The molecule has 0 aromatic heterocycles. The van der Waals surface area contributed by atoms with Crippen LogP contribution in [0.2, 0.25) is 15.1 Å². The Kier molecular flexibility index (Phi) is 5.49. The smallest absolute Gasteiger partial charge is 0.118 e. The molecule has 6 heteroatoms. The van der Waals surface area contributed by atoms with E-state index in [4.69, 9.17) is 44.6 Å². The molecule has 3 aromatic rings. The number of halogens is 3. The minimum Gasteiger partial charge on any atom is -0.497 e. The van der Waals surface area contributed by atoms with Crippen molar-refractivity contribution in [1.82, 2.24) is 0 Å². The summed E-state index contributed by atoms with van der Waals surface area (Å²) >= 11 is 18.8. The molecule has 0 fully saturated rings. The van der Waals surface area contributed by atoms with Gasteiger partial charge in [-0.3, -0.25) is 5.01 Å². The third kappa shape index (κ3) is 3.70. The summed E-state index contributed by atoms with van der Waals surface area (Å²) < 4.78 is 5.26. The van der Waals surface area contributed by atoms with Crippen molar-refractivity contribution in [1.29, 1.82) is 0 Å². The zero-order valence-corrected chi connectivity index (χ0v) is 17.3. The molecule has 1 atom stereocenters. The van der Waals surface area contributed by atoms with Crippen molar-refractivity contribution in [3.8, 4) is 5.75 Å². The Balaban J connectivity index is 1.77. The van der Waals surface area contributed by atoms with Gasteiger partial charge in [0, 0.05) is 11.4 Å². The first-order chi connectivity index (χ1) is 13.6. The summed E-state index contributed by atoms with van der Waals surface area (Å²) in [5.41, 5.74) is 3.89. The highest BCUT2D eigenvalue weighted by Gasteiger charge is 2.31. The first-order valence-electron chi connectivity index (χ1n) is 8.77. The maximum Gasteiger partial charge on any atom is 0.118 e. The first kappa shape index (κ1) is 19.1. The fourth-order valence-electron chi connectivity index (χ4n) is 3.30. The van der Waals surface area contributed by atoms with Gasteiger partial charge in [-0.15, -0.1) is 0 Å². The van der Waals surface area contributed by atoms with Crippen molar-refractivity contribution < 1.29 is 4.74 Å².